The van der Waals surface area contributed by atoms with Crippen molar-refractivity contribution in [2.24, 2.45) is 5.73 Å². The van der Waals surface area contributed by atoms with E-state index in [4.69, 9.17) is 15.7 Å². The highest BCUT2D eigenvalue weighted by Gasteiger charge is 2.22. The number of carbonyl (C=O) groups excluding carboxylic acids is 1. The maximum atomic E-state index is 11.4. The molecule has 0 radical (unpaired) electrons. The summed E-state index contributed by atoms with van der Waals surface area (Å²) in [5.41, 5.74) is 5.73. The molecular formula is C12H13N3O4. The van der Waals surface area contributed by atoms with E-state index in [9.17, 15) is 14.9 Å². The van der Waals surface area contributed by atoms with Gasteiger partial charge in [0.2, 0.25) is 0 Å². The Bertz CT molecular complexity index is 549. The molecule has 7 heteroatoms. The molecule has 0 aliphatic carbocycles. The molecule has 0 spiro atoms. The summed E-state index contributed by atoms with van der Waals surface area (Å²) in [6.45, 7) is 1.89. The van der Waals surface area contributed by atoms with E-state index >= 15 is 0 Å². The predicted molar refractivity (Wildman–Crippen MR) is 66.0 cm³/mol. The molecule has 0 fully saturated rings. The Morgan fingerprint density at radius 3 is 2.74 bits per heavy atom. The first-order valence-corrected chi connectivity index (χ1v) is 5.59. The van der Waals surface area contributed by atoms with Crippen molar-refractivity contribution in [1.82, 2.24) is 0 Å². The number of benzene rings is 1. The fraction of sp³-hybridized carbons (Fsp3) is 0.333. The van der Waals surface area contributed by atoms with Crippen LogP contribution in [0.3, 0.4) is 0 Å². The third-order valence-corrected chi connectivity index (χ3v) is 2.47. The van der Waals surface area contributed by atoms with Gasteiger partial charge in [0.25, 0.3) is 5.69 Å². The average molecular weight is 263 g/mol. The van der Waals surface area contributed by atoms with Crippen molar-refractivity contribution in [1.29, 1.82) is 5.26 Å². The highest BCUT2D eigenvalue weighted by atomic mass is 16.6. The summed E-state index contributed by atoms with van der Waals surface area (Å²) >= 11 is 0. The minimum absolute atomic E-state index is 0.0585. The first-order valence-electron chi connectivity index (χ1n) is 5.59. The second kappa shape index (κ2) is 6.47. The summed E-state index contributed by atoms with van der Waals surface area (Å²) in [4.78, 5) is 21.8. The summed E-state index contributed by atoms with van der Waals surface area (Å²) in [7, 11) is 0. The Kier molecular flexibility index (Phi) is 4.97. The van der Waals surface area contributed by atoms with Gasteiger partial charge in [0.15, 0.2) is 0 Å². The maximum absolute atomic E-state index is 11.4. The lowest BCUT2D eigenvalue weighted by molar-refractivity contribution is -0.385. The monoisotopic (exact) mass is 263 g/mol. The summed E-state index contributed by atoms with van der Waals surface area (Å²) in [5, 5.41) is 20.0. The second-order valence-corrected chi connectivity index (χ2v) is 3.70. The third-order valence-electron chi connectivity index (χ3n) is 2.47. The minimum atomic E-state index is -0.630. The van der Waals surface area contributed by atoms with Gasteiger partial charge in [0, 0.05) is 12.6 Å². The van der Waals surface area contributed by atoms with Gasteiger partial charge in [-0.1, -0.05) is 0 Å². The number of esters is 1. The van der Waals surface area contributed by atoms with Crippen LogP contribution in [0.5, 0.6) is 0 Å². The Balaban J connectivity index is 3.30. The number of nitro groups is 1. The SMILES string of the molecule is CCOC(=O)Cc1c(C#N)cc(CN)cc1[N+](=O)[O-]. The molecule has 0 atom stereocenters. The molecule has 0 amide bonds. The van der Waals surface area contributed by atoms with Crippen molar-refractivity contribution < 1.29 is 14.5 Å². The van der Waals surface area contributed by atoms with Crippen LogP contribution in [-0.2, 0) is 22.5 Å². The Labute approximate surface area is 109 Å². The molecule has 2 N–H and O–H groups in total. The summed E-state index contributed by atoms with van der Waals surface area (Å²) in [6.07, 6.45) is -0.308. The lowest BCUT2D eigenvalue weighted by Gasteiger charge is -2.07. The fourth-order valence-electron chi connectivity index (χ4n) is 1.64. The Morgan fingerprint density at radius 1 is 1.58 bits per heavy atom. The van der Waals surface area contributed by atoms with Crippen LogP contribution < -0.4 is 5.73 Å². The smallest absolute Gasteiger partial charge is 0.310 e. The molecule has 0 saturated heterocycles. The molecule has 19 heavy (non-hydrogen) atoms. The molecule has 0 heterocycles. The van der Waals surface area contributed by atoms with E-state index in [1.165, 1.54) is 12.1 Å². The van der Waals surface area contributed by atoms with E-state index in [0.717, 1.165) is 0 Å². The van der Waals surface area contributed by atoms with Gasteiger partial charge in [-0.25, -0.2) is 0 Å². The molecule has 0 aliphatic heterocycles. The van der Waals surface area contributed by atoms with Crippen LogP contribution in [0, 0.1) is 21.4 Å². The molecule has 1 rings (SSSR count). The molecule has 1 aromatic carbocycles. The van der Waals surface area contributed by atoms with Crippen LogP contribution in [0.25, 0.3) is 0 Å². The van der Waals surface area contributed by atoms with Crippen molar-refractivity contribution in [3.8, 4) is 6.07 Å². The minimum Gasteiger partial charge on any atom is -0.466 e. The highest BCUT2D eigenvalue weighted by Crippen LogP contribution is 2.25. The van der Waals surface area contributed by atoms with Crippen molar-refractivity contribution >= 4 is 11.7 Å². The lowest BCUT2D eigenvalue weighted by Crippen LogP contribution is -2.11. The number of hydrogen-bond donors (Lipinski definition) is 1. The van der Waals surface area contributed by atoms with Gasteiger partial charge in [-0.05, 0) is 18.6 Å². The number of nitrogens with two attached hydrogens (primary N) is 1. The van der Waals surface area contributed by atoms with Gasteiger partial charge in [-0.2, -0.15) is 5.26 Å². The lowest BCUT2D eigenvalue weighted by atomic mass is 10.00. The number of nitrogens with zero attached hydrogens (tertiary/aromatic N) is 2. The van der Waals surface area contributed by atoms with E-state index < -0.39 is 10.9 Å². The van der Waals surface area contributed by atoms with Gasteiger partial charge >= 0.3 is 5.97 Å². The van der Waals surface area contributed by atoms with Crippen LogP contribution in [-0.4, -0.2) is 17.5 Å². The fourth-order valence-corrected chi connectivity index (χ4v) is 1.64. The maximum Gasteiger partial charge on any atom is 0.310 e. The normalized spacial score (nSPS) is 9.74. The molecule has 1 aromatic rings. The van der Waals surface area contributed by atoms with Gasteiger partial charge in [0.1, 0.15) is 0 Å². The molecule has 0 unspecified atom stereocenters. The molecular weight excluding hydrogens is 250 g/mol. The van der Waals surface area contributed by atoms with Crippen molar-refractivity contribution in [2.45, 2.75) is 19.9 Å². The van der Waals surface area contributed by atoms with E-state index in [2.05, 4.69) is 0 Å². The number of nitro benzene ring substituents is 1. The number of ether oxygens (including phenoxy) is 1. The summed E-state index contributed by atoms with van der Waals surface area (Å²) in [5.74, 6) is -0.609. The quantitative estimate of drug-likeness (QED) is 0.481. The average Bonchev–Trinajstić information content (AvgIpc) is 2.38. The van der Waals surface area contributed by atoms with Crippen LogP contribution in [0.4, 0.5) is 5.69 Å². The van der Waals surface area contributed by atoms with Crippen molar-refractivity contribution in [2.75, 3.05) is 6.61 Å². The zero-order chi connectivity index (χ0) is 14.4. The van der Waals surface area contributed by atoms with Crippen LogP contribution in [0.2, 0.25) is 0 Å². The number of nitriles is 1. The zero-order valence-corrected chi connectivity index (χ0v) is 10.4. The zero-order valence-electron chi connectivity index (χ0n) is 10.4. The van der Waals surface area contributed by atoms with Crippen LogP contribution in [0.1, 0.15) is 23.6 Å². The highest BCUT2D eigenvalue weighted by molar-refractivity contribution is 5.76. The van der Waals surface area contributed by atoms with Crippen LogP contribution in [0.15, 0.2) is 12.1 Å². The van der Waals surface area contributed by atoms with Crippen LogP contribution >= 0.6 is 0 Å². The van der Waals surface area contributed by atoms with Crippen molar-refractivity contribution in [3.05, 3.63) is 38.9 Å². The van der Waals surface area contributed by atoms with Gasteiger partial charge in [-0.15, -0.1) is 0 Å². The topological polar surface area (TPSA) is 119 Å². The molecule has 0 saturated carbocycles. The molecule has 0 aliphatic rings. The number of hydrogen-bond acceptors (Lipinski definition) is 6. The number of rotatable bonds is 5. The summed E-state index contributed by atoms with van der Waals surface area (Å²) in [6, 6.07) is 4.56. The van der Waals surface area contributed by atoms with E-state index in [0.29, 0.717) is 5.56 Å². The first-order chi connectivity index (χ1) is 9.03. The molecule has 100 valence electrons. The molecule has 0 aromatic heterocycles. The number of carbonyl (C=O) groups is 1. The van der Waals surface area contributed by atoms with Gasteiger partial charge < -0.3 is 10.5 Å². The third kappa shape index (κ3) is 3.50. The summed E-state index contributed by atoms with van der Waals surface area (Å²) < 4.78 is 4.74. The van der Waals surface area contributed by atoms with E-state index in [-0.39, 0.29) is 36.4 Å². The van der Waals surface area contributed by atoms with E-state index in [1.54, 1.807) is 6.92 Å². The standard InChI is InChI=1S/C12H13N3O4/c1-2-19-12(16)5-10-9(7-14)3-8(6-13)4-11(10)15(17)18/h3-4H,2,5-6,13H2,1H3. The Hall–Kier alpha value is -2.46. The first kappa shape index (κ1) is 14.6. The van der Waals surface area contributed by atoms with Gasteiger partial charge in [-0.3, -0.25) is 14.9 Å². The molecule has 0 bridgehead atoms. The molecule has 7 nitrogen and oxygen atoms in total. The second-order valence-electron chi connectivity index (χ2n) is 3.70. The predicted octanol–water partition coefficient (Wildman–Crippen LogP) is 1.03. The Morgan fingerprint density at radius 2 is 2.26 bits per heavy atom. The van der Waals surface area contributed by atoms with E-state index in [1.807, 2.05) is 6.07 Å². The van der Waals surface area contributed by atoms with Crippen molar-refractivity contribution in [3.63, 3.8) is 0 Å². The largest absolute Gasteiger partial charge is 0.466 e. The van der Waals surface area contributed by atoms with Gasteiger partial charge in [0.05, 0.1) is 35.1 Å².